The fraction of sp³-hybridized carbons (Fsp3) is 0.550. The highest BCUT2D eigenvalue weighted by Gasteiger charge is 2.46. The van der Waals surface area contributed by atoms with Gasteiger partial charge in [-0.15, -0.1) is 0 Å². The number of amides is 1. The zero-order valence-corrected chi connectivity index (χ0v) is 16.2. The van der Waals surface area contributed by atoms with Gasteiger partial charge in [0.2, 0.25) is 0 Å². The highest BCUT2D eigenvalue weighted by molar-refractivity contribution is 5.86. The van der Waals surface area contributed by atoms with Crippen LogP contribution in [0, 0.1) is 11.3 Å². The zero-order valence-electron chi connectivity index (χ0n) is 16.2. The van der Waals surface area contributed by atoms with Crippen LogP contribution in [0.4, 0.5) is 4.79 Å². The Kier molecular flexibility index (Phi) is 8.11. The monoisotopic (exact) mass is 360 g/mol. The van der Waals surface area contributed by atoms with Crippen LogP contribution in [0.25, 0.3) is 0 Å². The van der Waals surface area contributed by atoms with E-state index >= 15 is 0 Å². The number of carbonyl (C=O) groups excluding carboxylic acids is 2. The van der Waals surface area contributed by atoms with E-state index in [2.05, 4.69) is 0 Å². The fourth-order valence-corrected chi connectivity index (χ4v) is 2.75. The van der Waals surface area contributed by atoms with Gasteiger partial charge in [0.25, 0.3) is 5.60 Å². The van der Waals surface area contributed by atoms with Crippen LogP contribution in [-0.4, -0.2) is 41.3 Å². The maximum Gasteiger partial charge on any atom is 0.412 e. The predicted octanol–water partition coefficient (Wildman–Crippen LogP) is 3.70. The van der Waals surface area contributed by atoms with Crippen LogP contribution < -0.4 is 0 Å². The smallest absolute Gasteiger partial charge is 0.412 e. The molecule has 0 N–H and O–H groups in total. The molecule has 1 aromatic carbocycles. The van der Waals surface area contributed by atoms with Crippen LogP contribution >= 0.6 is 0 Å². The summed E-state index contributed by atoms with van der Waals surface area (Å²) in [6.07, 6.45) is -0.260. The Bertz CT molecular complexity index is 629. The topological polar surface area (TPSA) is 79.6 Å². The number of nitrogens with zero attached hydrogens (tertiary/aromatic N) is 2. The maximum absolute atomic E-state index is 12.7. The zero-order chi connectivity index (χ0) is 19.7. The van der Waals surface area contributed by atoms with Gasteiger partial charge < -0.3 is 14.4 Å². The van der Waals surface area contributed by atoms with Crippen LogP contribution in [0.1, 0.15) is 46.6 Å². The van der Waals surface area contributed by atoms with E-state index in [4.69, 9.17) is 9.47 Å². The Labute approximate surface area is 155 Å². The van der Waals surface area contributed by atoms with Crippen molar-refractivity contribution in [3.8, 4) is 6.07 Å². The molecule has 0 fully saturated rings. The van der Waals surface area contributed by atoms with E-state index < -0.39 is 17.7 Å². The van der Waals surface area contributed by atoms with E-state index in [1.54, 1.807) is 6.92 Å². The predicted molar refractivity (Wildman–Crippen MR) is 98.3 cm³/mol. The summed E-state index contributed by atoms with van der Waals surface area (Å²) in [7, 11) is 0. The number of esters is 1. The standard InChI is InChI=1S/C20H28N2O4/c1-6-25-18(23)20(14-21,13-12-17-10-8-7-9-11-17)26-19(24)22(15(2)3)16(4)5/h7-11,15-16H,6,12-13H2,1-5H3. The van der Waals surface area contributed by atoms with Gasteiger partial charge in [-0.2, -0.15) is 5.26 Å². The van der Waals surface area contributed by atoms with Crippen molar-refractivity contribution in [3.05, 3.63) is 35.9 Å². The number of rotatable bonds is 8. The van der Waals surface area contributed by atoms with Crippen molar-refractivity contribution in [1.29, 1.82) is 5.26 Å². The Morgan fingerprint density at radius 3 is 2.19 bits per heavy atom. The van der Waals surface area contributed by atoms with Gasteiger partial charge in [0.1, 0.15) is 6.07 Å². The molecule has 142 valence electrons. The van der Waals surface area contributed by atoms with Crippen molar-refractivity contribution in [3.63, 3.8) is 0 Å². The van der Waals surface area contributed by atoms with Crippen molar-refractivity contribution < 1.29 is 19.1 Å². The molecule has 0 aliphatic rings. The van der Waals surface area contributed by atoms with Crippen molar-refractivity contribution in [2.75, 3.05) is 6.61 Å². The van der Waals surface area contributed by atoms with E-state index in [9.17, 15) is 14.9 Å². The Balaban J connectivity index is 3.08. The second-order valence-corrected chi connectivity index (χ2v) is 6.61. The lowest BCUT2D eigenvalue weighted by Crippen LogP contribution is -2.50. The van der Waals surface area contributed by atoms with Gasteiger partial charge in [-0.1, -0.05) is 30.3 Å². The molecule has 6 heteroatoms. The third kappa shape index (κ3) is 5.48. The van der Waals surface area contributed by atoms with Crippen LogP contribution in [0.5, 0.6) is 0 Å². The number of ether oxygens (including phenoxy) is 2. The normalized spacial score (nSPS) is 13.0. The molecule has 0 saturated carbocycles. The summed E-state index contributed by atoms with van der Waals surface area (Å²) in [5.41, 5.74) is -1.03. The molecule has 1 rings (SSSR count). The summed E-state index contributed by atoms with van der Waals surface area (Å²) in [5, 5.41) is 9.71. The Morgan fingerprint density at radius 1 is 1.15 bits per heavy atom. The average Bonchev–Trinajstić information content (AvgIpc) is 2.59. The van der Waals surface area contributed by atoms with E-state index in [1.165, 1.54) is 4.90 Å². The molecule has 0 aliphatic heterocycles. The van der Waals surface area contributed by atoms with Gasteiger partial charge in [-0.25, -0.2) is 9.59 Å². The molecule has 1 amide bonds. The van der Waals surface area contributed by atoms with Crippen LogP contribution in [0.15, 0.2) is 30.3 Å². The lowest BCUT2D eigenvalue weighted by molar-refractivity contribution is -0.161. The second-order valence-electron chi connectivity index (χ2n) is 6.61. The van der Waals surface area contributed by atoms with Crippen molar-refractivity contribution >= 4 is 12.1 Å². The van der Waals surface area contributed by atoms with E-state index in [0.717, 1.165) is 5.56 Å². The molecule has 0 saturated heterocycles. The fourth-order valence-electron chi connectivity index (χ4n) is 2.75. The van der Waals surface area contributed by atoms with Gasteiger partial charge in [0.05, 0.1) is 6.61 Å². The molecule has 0 aliphatic carbocycles. The molecular weight excluding hydrogens is 332 g/mol. The third-order valence-corrected chi connectivity index (χ3v) is 3.98. The maximum atomic E-state index is 12.7. The van der Waals surface area contributed by atoms with E-state index in [1.807, 2.05) is 64.1 Å². The van der Waals surface area contributed by atoms with Gasteiger partial charge in [0, 0.05) is 18.5 Å². The molecule has 0 aromatic heterocycles. The molecule has 1 aromatic rings. The number of nitriles is 1. The molecular formula is C20H28N2O4. The second kappa shape index (κ2) is 9.81. The minimum atomic E-state index is -1.97. The van der Waals surface area contributed by atoms with Crippen molar-refractivity contribution in [1.82, 2.24) is 4.90 Å². The molecule has 0 radical (unpaired) electrons. The van der Waals surface area contributed by atoms with Gasteiger partial charge >= 0.3 is 12.1 Å². The van der Waals surface area contributed by atoms with E-state index in [0.29, 0.717) is 6.42 Å². The SMILES string of the molecule is CCOC(=O)C(C#N)(CCc1ccccc1)OC(=O)N(C(C)C)C(C)C. The molecule has 0 heterocycles. The average molecular weight is 360 g/mol. The van der Waals surface area contributed by atoms with Crippen LogP contribution in [0.3, 0.4) is 0 Å². The molecule has 1 atom stereocenters. The molecule has 0 bridgehead atoms. The number of hydrogen-bond donors (Lipinski definition) is 0. The summed E-state index contributed by atoms with van der Waals surface area (Å²) in [6.45, 7) is 9.15. The van der Waals surface area contributed by atoms with E-state index in [-0.39, 0.29) is 25.1 Å². The number of hydrogen-bond acceptors (Lipinski definition) is 5. The number of carbonyl (C=O) groups is 2. The van der Waals surface area contributed by atoms with Crippen LogP contribution in [0.2, 0.25) is 0 Å². The highest BCUT2D eigenvalue weighted by atomic mass is 16.6. The lowest BCUT2D eigenvalue weighted by atomic mass is 9.96. The molecule has 0 spiro atoms. The minimum absolute atomic E-state index is 0.0299. The van der Waals surface area contributed by atoms with Gasteiger partial charge in [-0.3, -0.25) is 0 Å². The largest absolute Gasteiger partial charge is 0.462 e. The highest BCUT2D eigenvalue weighted by Crippen LogP contribution is 2.23. The van der Waals surface area contributed by atoms with Gasteiger partial charge in [-0.05, 0) is 46.6 Å². The lowest BCUT2D eigenvalue weighted by Gasteiger charge is -2.33. The first-order valence-corrected chi connectivity index (χ1v) is 8.91. The van der Waals surface area contributed by atoms with Crippen molar-refractivity contribution in [2.45, 2.75) is 65.1 Å². The quantitative estimate of drug-likeness (QED) is 0.660. The first-order valence-electron chi connectivity index (χ1n) is 8.91. The van der Waals surface area contributed by atoms with Crippen LogP contribution in [-0.2, 0) is 20.7 Å². The summed E-state index contributed by atoms with van der Waals surface area (Å²) in [5.74, 6) is -0.834. The number of aryl methyl sites for hydroxylation is 1. The first kappa shape index (κ1) is 21.5. The Hall–Kier alpha value is -2.55. The molecule has 6 nitrogen and oxygen atoms in total. The van der Waals surface area contributed by atoms with Crippen molar-refractivity contribution in [2.24, 2.45) is 0 Å². The summed E-state index contributed by atoms with van der Waals surface area (Å²) < 4.78 is 10.5. The summed E-state index contributed by atoms with van der Waals surface area (Å²) in [6, 6.07) is 11.0. The minimum Gasteiger partial charge on any atom is -0.462 e. The summed E-state index contributed by atoms with van der Waals surface area (Å²) in [4.78, 5) is 26.6. The third-order valence-electron chi connectivity index (χ3n) is 3.98. The summed E-state index contributed by atoms with van der Waals surface area (Å²) >= 11 is 0. The van der Waals surface area contributed by atoms with Gasteiger partial charge in [0.15, 0.2) is 0 Å². The number of benzene rings is 1. The molecule has 1 unspecified atom stereocenters. The Morgan fingerprint density at radius 2 is 1.73 bits per heavy atom. The molecule has 26 heavy (non-hydrogen) atoms. The first-order chi connectivity index (χ1) is 12.3.